The van der Waals surface area contributed by atoms with Crippen LogP contribution in [0.4, 0.5) is 5.69 Å². The number of anilines is 1. The van der Waals surface area contributed by atoms with E-state index >= 15 is 0 Å². The summed E-state index contributed by atoms with van der Waals surface area (Å²) in [6.07, 6.45) is 6.74. The summed E-state index contributed by atoms with van der Waals surface area (Å²) < 4.78 is 11.8. The van der Waals surface area contributed by atoms with Crippen molar-refractivity contribution in [2.24, 2.45) is 0 Å². The normalized spacial score (nSPS) is 17.7. The zero-order valence-electron chi connectivity index (χ0n) is 19.1. The Morgan fingerprint density at radius 3 is 2.55 bits per heavy atom. The number of carbonyl (C=O) groups is 1. The van der Waals surface area contributed by atoms with E-state index in [1.165, 1.54) is 0 Å². The van der Waals surface area contributed by atoms with E-state index in [1.54, 1.807) is 24.1 Å². The SMILES string of the molecule is C/C=C/C1=CN(C(=O)c2cc(OC)c(C)cc2N)[C@H](CO[Si](C)(C)C(C)(C)C)C1. The van der Waals surface area contributed by atoms with E-state index in [0.29, 0.717) is 23.6 Å². The number of hydrogen-bond donors (Lipinski definition) is 1. The van der Waals surface area contributed by atoms with Crippen LogP contribution in [0.3, 0.4) is 0 Å². The van der Waals surface area contributed by atoms with Gasteiger partial charge in [0.15, 0.2) is 8.32 Å². The molecule has 1 aliphatic rings. The molecule has 0 fully saturated rings. The molecule has 0 aliphatic carbocycles. The molecule has 29 heavy (non-hydrogen) atoms. The maximum absolute atomic E-state index is 13.4. The van der Waals surface area contributed by atoms with Crippen molar-refractivity contribution in [2.45, 2.75) is 65.2 Å². The number of carbonyl (C=O) groups excluding carboxylic acids is 1. The molecular formula is C23H36N2O3Si. The second kappa shape index (κ2) is 8.75. The Morgan fingerprint density at radius 1 is 1.34 bits per heavy atom. The van der Waals surface area contributed by atoms with Crippen molar-refractivity contribution in [1.29, 1.82) is 0 Å². The van der Waals surface area contributed by atoms with E-state index in [2.05, 4.69) is 33.9 Å². The summed E-state index contributed by atoms with van der Waals surface area (Å²) in [6.45, 7) is 15.5. The highest BCUT2D eigenvalue weighted by Gasteiger charge is 2.39. The summed E-state index contributed by atoms with van der Waals surface area (Å²) in [5.74, 6) is 0.539. The Morgan fingerprint density at radius 2 is 2.00 bits per heavy atom. The zero-order valence-corrected chi connectivity index (χ0v) is 20.1. The maximum Gasteiger partial charge on any atom is 0.260 e. The van der Waals surface area contributed by atoms with E-state index in [9.17, 15) is 4.79 Å². The number of amides is 1. The Balaban J connectivity index is 2.32. The van der Waals surface area contributed by atoms with Crippen molar-refractivity contribution in [2.75, 3.05) is 19.5 Å². The number of aryl methyl sites for hydroxylation is 1. The smallest absolute Gasteiger partial charge is 0.260 e. The summed E-state index contributed by atoms with van der Waals surface area (Å²) in [7, 11) is -0.314. The van der Waals surface area contributed by atoms with E-state index < -0.39 is 8.32 Å². The van der Waals surface area contributed by atoms with E-state index in [0.717, 1.165) is 17.6 Å². The first-order valence-electron chi connectivity index (χ1n) is 10.2. The summed E-state index contributed by atoms with van der Waals surface area (Å²) in [5, 5.41) is 0.120. The van der Waals surface area contributed by atoms with Crippen molar-refractivity contribution in [3.05, 3.63) is 47.2 Å². The largest absolute Gasteiger partial charge is 0.496 e. The van der Waals surface area contributed by atoms with E-state index in [-0.39, 0.29) is 17.0 Å². The number of nitrogen functional groups attached to an aromatic ring is 1. The van der Waals surface area contributed by atoms with Gasteiger partial charge in [-0.3, -0.25) is 4.79 Å². The molecule has 0 spiro atoms. The van der Waals surface area contributed by atoms with Gasteiger partial charge in [-0.1, -0.05) is 32.9 Å². The number of hydrogen-bond acceptors (Lipinski definition) is 4. The molecule has 1 heterocycles. The quantitative estimate of drug-likeness (QED) is 0.506. The van der Waals surface area contributed by atoms with Crippen LogP contribution in [-0.4, -0.2) is 38.9 Å². The third-order valence-electron chi connectivity index (χ3n) is 6.03. The van der Waals surface area contributed by atoms with Gasteiger partial charge >= 0.3 is 0 Å². The Labute approximate surface area is 176 Å². The topological polar surface area (TPSA) is 64.8 Å². The molecule has 0 bridgehead atoms. The second-order valence-corrected chi connectivity index (χ2v) is 14.1. The molecule has 1 atom stereocenters. The highest BCUT2D eigenvalue weighted by Crippen LogP contribution is 2.37. The number of rotatable bonds is 6. The minimum absolute atomic E-state index is 0.0467. The Kier molecular flexibility index (Phi) is 7.01. The van der Waals surface area contributed by atoms with E-state index in [1.807, 2.05) is 32.2 Å². The molecular weight excluding hydrogens is 380 g/mol. The fraction of sp³-hybridized carbons (Fsp3) is 0.522. The molecule has 160 valence electrons. The number of nitrogens with two attached hydrogens (primary N) is 1. The summed E-state index contributed by atoms with van der Waals surface area (Å²) in [5.41, 5.74) is 9.14. The maximum atomic E-state index is 13.4. The first kappa shape index (κ1) is 23.2. The van der Waals surface area contributed by atoms with Crippen LogP contribution in [0.15, 0.2) is 36.1 Å². The van der Waals surface area contributed by atoms with Crippen LogP contribution in [0.1, 0.15) is 50.0 Å². The van der Waals surface area contributed by atoms with Gasteiger partial charge in [0, 0.05) is 11.9 Å². The van der Waals surface area contributed by atoms with Gasteiger partial charge in [-0.25, -0.2) is 0 Å². The molecule has 1 amide bonds. The summed E-state index contributed by atoms with van der Waals surface area (Å²) >= 11 is 0. The number of benzene rings is 1. The number of nitrogens with zero attached hydrogens (tertiary/aromatic N) is 1. The predicted molar refractivity (Wildman–Crippen MR) is 123 cm³/mol. The lowest BCUT2D eigenvalue weighted by Gasteiger charge is -2.38. The van der Waals surface area contributed by atoms with Gasteiger partial charge in [0.1, 0.15) is 5.75 Å². The Hall–Kier alpha value is -2.05. The molecule has 2 rings (SSSR count). The minimum Gasteiger partial charge on any atom is -0.496 e. The number of methoxy groups -OCH3 is 1. The lowest BCUT2D eigenvalue weighted by molar-refractivity contribution is 0.0738. The molecule has 1 aliphatic heterocycles. The van der Waals surface area contributed by atoms with Gasteiger partial charge in [0.25, 0.3) is 5.91 Å². The fourth-order valence-corrected chi connectivity index (χ4v) is 4.21. The van der Waals surface area contributed by atoms with Crippen LogP contribution in [0.5, 0.6) is 5.75 Å². The van der Waals surface area contributed by atoms with Gasteiger partial charge in [-0.15, -0.1) is 0 Å². The standard InChI is InChI=1S/C23H36N2O3Si/c1-9-10-17-12-18(15-28-29(7,8)23(3,4)5)25(14-17)22(26)19-13-21(27-6)16(2)11-20(19)24/h9-11,13-14,18H,12,15,24H2,1-8H3/b10-9+/t18-/m0/s1. The lowest BCUT2D eigenvalue weighted by Crippen LogP contribution is -2.45. The van der Waals surface area contributed by atoms with Gasteiger partial charge in [-0.05, 0) is 61.7 Å². The number of allylic oxidation sites excluding steroid dienone is 2. The highest BCUT2D eigenvalue weighted by molar-refractivity contribution is 6.74. The van der Waals surface area contributed by atoms with Crippen LogP contribution < -0.4 is 10.5 Å². The molecule has 6 heteroatoms. The zero-order chi connectivity index (χ0) is 22.0. The average molecular weight is 417 g/mol. The van der Waals surface area contributed by atoms with Crippen LogP contribution in [0.2, 0.25) is 18.1 Å². The van der Waals surface area contributed by atoms with Gasteiger partial charge in [-0.2, -0.15) is 0 Å². The van der Waals surface area contributed by atoms with Crippen molar-refractivity contribution in [3.63, 3.8) is 0 Å². The molecule has 1 aromatic rings. The van der Waals surface area contributed by atoms with Gasteiger partial charge in [0.2, 0.25) is 0 Å². The molecule has 0 unspecified atom stereocenters. The fourth-order valence-electron chi connectivity index (χ4n) is 3.17. The van der Waals surface area contributed by atoms with Crippen LogP contribution >= 0.6 is 0 Å². The molecule has 0 saturated heterocycles. The van der Waals surface area contributed by atoms with Crippen LogP contribution in [0, 0.1) is 6.92 Å². The third kappa shape index (κ3) is 5.11. The monoisotopic (exact) mass is 416 g/mol. The molecule has 1 aromatic carbocycles. The second-order valence-electron chi connectivity index (χ2n) is 9.25. The van der Waals surface area contributed by atoms with Crippen molar-refractivity contribution < 1.29 is 14.0 Å². The van der Waals surface area contributed by atoms with Gasteiger partial charge < -0.3 is 19.8 Å². The third-order valence-corrected chi connectivity index (χ3v) is 10.5. The van der Waals surface area contributed by atoms with Gasteiger partial charge in [0.05, 0.1) is 25.3 Å². The predicted octanol–water partition coefficient (Wildman–Crippen LogP) is 5.28. The highest BCUT2D eigenvalue weighted by atomic mass is 28.4. The van der Waals surface area contributed by atoms with Crippen molar-refractivity contribution in [3.8, 4) is 5.75 Å². The first-order valence-corrected chi connectivity index (χ1v) is 13.1. The molecule has 0 aromatic heterocycles. The summed E-state index contributed by atoms with van der Waals surface area (Å²) in [6, 6.07) is 3.48. The van der Waals surface area contributed by atoms with Crippen LogP contribution in [0.25, 0.3) is 0 Å². The van der Waals surface area contributed by atoms with Crippen molar-refractivity contribution in [1.82, 2.24) is 4.90 Å². The molecule has 5 nitrogen and oxygen atoms in total. The Bertz CT molecular complexity index is 822. The van der Waals surface area contributed by atoms with E-state index in [4.69, 9.17) is 14.9 Å². The first-order chi connectivity index (χ1) is 13.4. The number of ether oxygens (including phenoxy) is 1. The minimum atomic E-state index is -1.91. The molecule has 2 N–H and O–H groups in total. The lowest BCUT2D eigenvalue weighted by atomic mass is 10.1. The molecule has 0 saturated carbocycles. The summed E-state index contributed by atoms with van der Waals surface area (Å²) in [4.78, 5) is 15.2. The van der Waals surface area contributed by atoms with Crippen molar-refractivity contribution >= 4 is 19.9 Å². The molecule has 0 radical (unpaired) electrons. The average Bonchev–Trinajstić information content (AvgIpc) is 3.02. The van der Waals surface area contributed by atoms with Crippen LogP contribution in [-0.2, 0) is 4.43 Å².